The van der Waals surface area contributed by atoms with E-state index in [9.17, 15) is 14.7 Å². The van der Waals surface area contributed by atoms with Crippen LogP contribution in [0.25, 0.3) is 33.5 Å². The van der Waals surface area contributed by atoms with Crippen LogP contribution in [0.5, 0.6) is 0 Å². The van der Waals surface area contributed by atoms with Gasteiger partial charge in [0.2, 0.25) is 0 Å². The third kappa shape index (κ3) is 5.17. The number of hydrogen-bond acceptors (Lipinski definition) is 3. The predicted octanol–water partition coefficient (Wildman–Crippen LogP) is 7.52. The Bertz CT molecular complexity index is 1600. The molecule has 1 atom stereocenters. The van der Waals surface area contributed by atoms with Gasteiger partial charge in [-0.25, -0.2) is 9.78 Å². The molecule has 0 saturated carbocycles. The van der Waals surface area contributed by atoms with Crippen molar-refractivity contribution in [1.82, 2.24) is 15.3 Å². The normalized spacial score (nSPS) is 11.8. The Kier molecular flexibility index (Phi) is 7.24. The van der Waals surface area contributed by atoms with Gasteiger partial charge in [-0.2, -0.15) is 0 Å². The van der Waals surface area contributed by atoms with Gasteiger partial charge in [-0.05, 0) is 65.6 Å². The van der Waals surface area contributed by atoms with Gasteiger partial charge in [-0.3, -0.25) is 4.79 Å². The predicted molar refractivity (Wildman–Crippen MR) is 150 cm³/mol. The lowest BCUT2D eigenvalue weighted by Gasteiger charge is -2.19. The fourth-order valence-electron chi connectivity index (χ4n) is 4.66. The summed E-state index contributed by atoms with van der Waals surface area (Å²) in [4.78, 5) is 33.6. The average Bonchev–Trinajstić information content (AvgIpc) is 3.37. The van der Waals surface area contributed by atoms with Crippen molar-refractivity contribution in [3.63, 3.8) is 0 Å². The molecule has 0 spiro atoms. The molecule has 5 aromatic rings. The van der Waals surface area contributed by atoms with Crippen molar-refractivity contribution in [3.8, 4) is 22.5 Å². The Balaban J connectivity index is 1.54. The van der Waals surface area contributed by atoms with E-state index < -0.39 is 5.97 Å². The van der Waals surface area contributed by atoms with Gasteiger partial charge >= 0.3 is 5.97 Å². The van der Waals surface area contributed by atoms with Crippen LogP contribution in [0.4, 0.5) is 0 Å². The van der Waals surface area contributed by atoms with Crippen LogP contribution in [-0.4, -0.2) is 27.0 Å². The second-order valence-corrected chi connectivity index (χ2v) is 9.52. The number of benzene rings is 4. The third-order valence-corrected chi connectivity index (χ3v) is 6.75. The summed E-state index contributed by atoms with van der Waals surface area (Å²) in [6.07, 6.45) is 1.65. The first-order valence-corrected chi connectivity index (χ1v) is 12.8. The Labute approximate surface area is 225 Å². The van der Waals surface area contributed by atoms with Crippen LogP contribution >= 0.6 is 11.6 Å². The minimum absolute atomic E-state index is 0.00373. The molecule has 1 aromatic heterocycles. The van der Waals surface area contributed by atoms with Crippen molar-refractivity contribution >= 4 is 34.5 Å². The van der Waals surface area contributed by atoms with Crippen molar-refractivity contribution in [2.45, 2.75) is 25.8 Å². The quantitative estimate of drug-likeness (QED) is 0.196. The summed E-state index contributed by atoms with van der Waals surface area (Å²) >= 11 is 6.35. The van der Waals surface area contributed by atoms with Crippen LogP contribution < -0.4 is 5.32 Å². The number of aromatic carboxylic acids is 1. The molecule has 7 heteroatoms. The highest BCUT2D eigenvalue weighted by Crippen LogP contribution is 2.36. The van der Waals surface area contributed by atoms with E-state index in [2.05, 4.69) is 22.2 Å². The summed E-state index contributed by atoms with van der Waals surface area (Å²) in [5.74, 6) is -0.871. The van der Waals surface area contributed by atoms with E-state index in [4.69, 9.17) is 11.6 Å². The topological polar surface area (TPSA) is 95.1 Å². The van der Waals surface area contributed by atoms with Crippen LogP contribution in [0.15, 0.2) is 91.0 Å². The lowest BCUT2D eigenvalue weighted by atomic mass is 9.93. The van der Waals surface area contributed by atoms with E-state index >= 15 is 0 Å². The number of nitrogens with one attached hydrogen (secondary N) is 2. The molecular weight excluding hydrogens is 498 g/mol. The fourth-order valence-corrected chi connectivity index (χ4v) is 4.83. The first-order valence-electron chi connectivity index (χ1n) is 12.4. The molecule has 0 aliphatic rings. The summed E-state index contributed by atoms with van der Waals surface area (Å²) in [5, 5.41) is 13.7. The number of aromatic amines is 1. The number of hydrogen-bond donors (Lipinski definition) is 3. The molecule has 0 aliphatic carbocycles. The highest BCUT2D eigenvalue weighted by Gasteiger charge is 2.21. The molecule has 4 aromatic carbocycles. The molecule has 5 rings (SSSR count). The lowest BCUT2D eigenvalue weighted by Crippen LogP contribution is -2.28. The van der Waals surface area contributed by atoms with Gasteiger partial charge in [0, 0.05) is 16.1 Å². The number of halogens is 1. The van der Waals surface area contributed by atoms with Crippen molar-refractivity contribution in [2.75, 3.05) is 0 Å². The number of carboxylic acid groups (broad SMARTS) is 1. The van der Waals surface area contributed by atoms with E-state index in [0.717, 1.165) is 29.4 Å². The maximum Gasteiger partial charge on any atom is 0.336 e. The Morgan fingerprint density at radius 2 is 1.66 bits per heavy atom. The summed E-state index contributed by atoms with van der Waals surface area (Å²) in [7, 11) is 0. The van der Waals surface area contributed by atoms with Crippen LogP contribution in [0, 0.1) is 0 Å². The Hall–Kier alpha value is -4.42. The van der Waals surface area contributed by atoms with Crippen LogP contribution in [0.3, 0.4) is 0 Å². The number of fused-ring (bicyclic) bond motifs is 1. The SMILES string of the molecule is CCCC(NC(=O)c1ccc(-c2cc(Cl)ccc2-c2nc3ccccc3[nH]2)c(C(=O)O)c1)c1ccccc1. The van der Waals surface area contributed by atoms with Crippen molar-refractivity contribution in [2.24, 2.45) is 0 Å². The maximum absolute atomic E-state index is 13.2. The number of rotatable bonds is 8. The number of aromatic nitrogens is 2. The number of para-hydroxylation sites is 2. The molecule has 0 bridgehead atoms. The molecule has 1 amide bonds. The smallest absolute Gasteiger partial charge is 0.336 e. The first-order chi connectivity index (χ1) is 18.4. The van der Waals surface area contributed by atoms with Gasteiger partial charge in [0.1, 0.15) is 5.82 Å². The summed E-state index contributed by atoms with van der Waals surface area (Å²) in [6, 6.07) is 27.3. The van der Waals surface area contributed by atoms with Crippen molar-refractivity contribution in [1.29, 1.82) is 0 Å². The molecule has 3 N–H and O–H groups in total. The van der Waals surface area contributed by atoms with E-state index in [0.29, 0.717) is 27.5 Å². The Morgan fingerprint density at radius 1 is 0.921 bits per heavy atom. The molecule has 1 heterocycles. The molecule has 190 valence electrons. The van der Waals surface area contributed by atoms with Gasteiger partial charge < -0.3 is 15.4 Å². The first kappa shape index (κ1) is 25.2. The largest absolute Gasteiger partial charge is 0.478 e. The number of carboxylic acids is 1. The third-order valence-electron chi connectivity index (χ3n) is 6.51. The number of H-pyrrole nitrogens is 1. The summed E-state index contributed by atoms with van der Waals surface area (Å²) < 4.78 is 0. The van der Waals surface area contributed by atoms with Gasteiger partial charge in [0.15, 0.2) is 0 Å². The van der Waals surface area contributed by atoms with Crippen molar-refractivity contribution in [3.05, 3.63) is 113 Å². The van der Waals surface area contributed by atoms with Gasteiger partial charge in [-0.15, -0.1) is 0 Å². The Morgan fingerprint density at radius 3 is 2.39 bits per heavy atom. The van der Waals surface area contributed by atoms with E-state index in [-0.39, 0.29) is 23.1 Å². The number of carbonyl (C=O) groups excluding carboxylic acids is 1. The molecule has 6 nitrogen and oxygen atoms in total. The molecule has 38 heavy (non-hydrogen) atoms. The zero-order valence-corrected chi connectivity index (χ0v) is 21.5. The standard InChI is InChI=1S/C31H26ClN3O3/c1-2-8-26(19-9-4-3-5-10-19)35-30(36)20-13-15-22(25(17-20)31(37)38)24-18-21(32)14-16-23(24)29-33-27-11-6-7-12-28(27)34-29/h3-7,9-18,26H,2,8H2,1H3,(H,33,34)(H,35,36)(H,37,38). The van der Waals surface area contributed by atoms with Gasteiger partial charge in [0.05, 0.1) is 22.6 Å². The average molecular weight is 524 g/mol. The zero-order valence-electron chi connectivity index (χ0n) is 20.7. The van der Waals surface area contributed by atoms with Gasteiger partial charge in [-0.1, -0.05) is 73.5 Å². The second-order valence-electron chi connectivity index (χ2n) is 9.08. The van der Waals surface area contributed by atoms with Crippen LogP contribution in [0.2, 0.25) is 5.02 Å². The number of imidazole rings is 1. The molecule has 1 unspecified atom stereocenters. The highest BCUT2D eigenvalue weighted by atomic mass is 35.5. The minimum atomic E-state index is -1.14. The molecule has 0 saturated heterocycles. The lowest BCUT2D eigenvalue weighted by molar-refractivity contribution is 0.0697. The molecule has 0 fully saturated rings. The molecule has 0 radical (unpaired) electrons. The summed E-state index contributed by atoms with van der Waals surface area (Å²) in [6.45, 7) is 2.06. The highest BCUT2D eigenvalue weighted by molar-refractivity contribution is 6.31. The minimum Gasteiger partial charge on any atom is -0.478 e. The fraction of sp³-hybridized carbons (Fsp3) is 0.129. The number of carbonyl (C=O) groups is 2. The van der Waals surface area contributed by atoms with Crippen molar-refractivity contribution < 1.29 is 14.7 Å². The van der Waals surface area contributed by atoms with E-state index in [1.807, 2.05) is 60.7 Å². The molecule has 0 aliphatic heterocycles. The number of amides is 1. The van der Waals surface area contributed by atoms with Gasteiger partial charge in [0.25, 0.3) is 5.91 Å². The van der Waals surface area contributed by atoms with E-state index in [1.54, 1.807) is 24.3 Å². The maximum atomic E-state index is 13.2. The number of nitrogens with zero attached hydrogens (tertiary/aromatic N) is 1. The van der Waals surface area contributed by atoms with Crippen LogP contribution in [0.1, 0.15) is 52.1 Å². The monoisotopic (exact) mass is 523 g/mol. The summed E-state index contributed by atoms with van der Waals surface area (Å²) in [5.41, 5.74) is 4.71. The second kappa shape index (κ2) is 10.9. The molecular formula is C31H26ClN3O3. The van der Waals surface area contributed by atoms with E-state index in [1.165, 1.54) is 6.07 Å². The van der Waals surface area contributed by atoms with Crippen LogP contribution in [-0.2, 0) is 0 Å². The zero-order chi connectivity index (χ0) is 26.6.